The molecule has 1 aliphatic rings. The van der Waals surface area contributed by atoms with Crippen molar-refractivity contribution in [3.63, 3.8) is 0 Å². The molecule has 0 fully saturated rings. The zero-order valence-electron chi connectivity index (χ0n) is 10.6. The van der Waals surface area contributed by atoms with Crippen molar-refractivity contribution in [2.24, 2.45) is 0 Å². The minimum atomic E-state index is -4.38. The maximum Gasteiger partial charge on any atom is 0.418 e. The van der Waals surface area contributed by atoms with Crippen LogP contribution >= 0.6 is 23.2 Å². The lowest BCUT2D eigenvalue weighted by molar-refractivity contribution is -0.136. The molecular formula is C15H10Cl2F3N. The Bertz CT molecular complexity index is 698. The molecule has 0 aromatic heterocycles. The molecule has 0 radical (unpaired) electrons. The second kappa shape index (κ2) is 5.11. The quantitative estimate of drug-likeness (QED) is 0.704. The average Bonchev–Trinajstić information content (AvgIpc) is 2.80. The predicted molar refractivity (Wildman–Crippen MR) is 78.0 cm³/mol. The van der Waals surface area contributed by atoms with E-state index in [1.165, 1.54) is 6.07 Å². The van der Waals surface area contributed by atoms with Gasteiger partial charge in [-0.2, -0.15) is 13.2 Å². The van der Waals surface area contributed by atoms with Gasteiger partial charge in [-0.05, 0) is 35.7 Å². The van der Waals surface area contributed by atoms with Crippen molar-refractivity contribution in [3.05, 3.63) is 63.1 Å². The van der Waals surface area contributed by atoms with Gasteiger partial charge < -0.3 is 5.32 Å². The van der Waals surface area contributed by atoms with Crippen LogP contribution in [0.4, 0.5) is 18.9 Å². The van der Waals surface area contributed by atoms with Crippen LogP contribution in [0.5, 0.6) is 0 Å². The number of anilines is 1. The summed E-state index contributed by atoms with van der Waals surface area (Å²) < 4.78 is 39.1. The molecule has 1 heterocycles. The van der Waals surface area contributed by atoms with Crippen molar-refractivity contribution >= 4 is 28.9 Å². The monoisotopic (exact) mass is 331 g/mol. The molecule has 0 saturated heterocycles. The van der Waals surface area contributed by atoms with E-state index in [1.54, 1.807) is 24.3 Å². The lowest BCUT2D eigenvalue weighted by Gasteiger charge is -2.16. The number of halogens is 5. The van der Waals surface area contributed by atoms with Crippen LogP contribution in [-0.4, -0.2) is 0 Å². The van der Waals surface area contributed by atoms with E-state index in [9.17, 15) is 13.2 Å². The Morgan fingerprint density at radius 2 is 1.86 bits per heavy atom. The minimum Gasteiger partial charge on any atom is -0.377 e. The van der Waals surface area contributed by atoms with Crippen LogP contribution < -0.4 is 5.32 Å². The molecule has 2 aromatic rings. The van der Waals surface area contributed by atoms with Crippen molar-refractivity contribution in [2.45, 2.75) is 18.6 Å². The number of nitrogens with one attached hydrogen (secondary N) is 1. The predicted octanol–water partition coefficient (Wildman–Crippen LogP) is 5.72. The normalized spacial score (nSPS) is 17.5. The lowest BCUT2D eigenvalue weighted by atomic mass is 10.0. The van der Waals surface area contributed by atoms with Crippen molar-refractivity contribution in [2.75, 3.05) is 5.32 Å². The van der Waals surface area contributed by atoms with E-state index in [4.69, 9.17) is 23.2 Å². The first-order valence-corrected chi connectivity index (χ1v) is 7.02. The Labute approximate surface area is 129 Å². The summed E-state index contributed by atoms with van der Waals surface area (Å²) in [7, 11) is 0. The van der Waals surface area contributed by atoms with Crippen LogP contribution in [0.1, 0.15) is 22.7 Å². The Hall–Kier alpha value is -1.39. The highest BCUT2D eigenvalue weighted by atomic mass is 35.5. The van der Waals surface area contributed by atoms with E-state index in [2.05, 4.69) is 5.32 Å². The molecule has 6 heteroatoms. The van der Waals surface area contributed by atoms with Gasteiger partial charge >= 0.3 is 6.18 Å². The van der Waals surface area contributed by atoms with Crippen molar-refractivity contribution < 1.29 is 13.2 Å². The number of rotatable bonds is 1. The van der Waals surface area contributed by atoms with Gasteiger partial charge in [0.25, 0.3) is 0 Å². The molecule has 0 aliphatic carbocycles. The van der Waals surface area contributed by atoms with Crippen LogP contribution in [0.15, 0.2) is 36.4 Å². The number of hydrogen-bond donors (Lipinski definition) is 1. The van der Waals surface area contributed by atoms with Crippen LogP contribution in [0.2, 0.25) is 10.0 Å². The molecule has 2 aromatic carbocycles. The van der Waals surface area contributed by atoms with Gasteiger partial charge in [0.05, 0.1) is 17.3 Å². The molecule has 1 N–H and O–H groups in total. The Kier molecular flexibility index (Phi) is 3.54. The fraction of sp³-hybridized carbons (Fsp3) is 0.200. The minimum absolute atomic E-state index is 0.140. The van der Waals surface area contributed by atoms with Crippen molar-refractivity contribution in [1.82, 2.24) is 0 Å². The smallest absolute Gasteiger partial charge is 0.377 e. The van der Waals surface area contributed by atoms with Gasteiger partial charge in [0.15, 0.2) is 0 Å². The summed E-state index contributed by atoms with van der Waals surface area (Å²) in [5.41, 5.74) is 0.875. The molecule has 1 nitrogen and oxygen atoms in total. The molecular weight excluding hydrogens is 322 g/mol. The van der Waals surface area contributed by atoms with E-state index < -0.39 is 11.7 Å². The first kappa shape index (κ1) is 14.5. The van der Waals surface area contributed by atoms with Gasteiger partial charge in [0.1, 0.15) is 0 Å². The third-order valence-corrected chi connectivity index (χ3v) is 4.10. The van der Waals surface area contributed by atoms with Gasteiger partial charge in [0, 0.05) is 10.0 Å². The van der Waals surface area contributed by atoms with E-state index in [0.717, 1.165) is 11.6 Å². The topological polar surface area (TPSA) is 12.0 Å². The van der Waals surface area contributed by atoms with E-state index in [0.29, 0.717) is 22.0 Å². The van der Waals surface area contributed by atoms with Gasteiger partial charge in [-0.15, -0.1) is 0 Å². The van der Waals surface area contributed by atoms with Crippen LogP contribution in [0.3, 0.4) is 0 Å². The molecule has 1 aliphatic heterocycles. The SMILES string of the molecule is FC(F)(F)c1cccc2c1NC(c1ccc(Cl)cc1Cl)C2. The van der Waals surface area contributed by atoms with Crippen LogP contribution in [0.25, 0.3) is 0 Å². The molecule has 0 spiro atoms. The number of benzene rings is 2. The zero-order chi connectivity index (χ0) is 15.2. The second-order valence-corrected chi connectivity index (χ2v) is 5.75. The third kappa shape index (κ3) is 2.70. The van der Waals surface area contributed by atoms with Gasteiger partial charge in [-0.3, -0.25) is 0 Å². The average molecular weight is 332 g/mol. The summed E-state index contributed by atoms with van der Waals surface area (Å²) in [6, 6.07) is 8.93. The highest BCUT2D eigenvalue weighted by Crippen LogP contribution is 2.44. The largest absolute Gasteiger partial charge is 0.418 e. The zero-order valence-corrected chi connectivity index (χ0v) is 12.2. The molecule has 0 bridgehead atoms. The van der Waals surface area contributed by atoms with Crippen molar-refractivity contribution in [3.8, 4) is 0 Å². The highest BCUT2D eigenvalue weighted by molar-refractivity contribution is 6.35. The number of hydrogen-bond acceptors (Lipinski definition) is 1. The standard InChI is InChI=1S/C15H10Cl2F3N/c16-9-4-5-10(12(17)7-9)13-6-8-2-1-3-11(14(8)21-13)15(18,19)20/h1-5,7,13,21H,6H2. The summed E-state index contributed by atoms with van der Waals surface area (Å²) in [6.07, 6.45) is -3.92. The summed E-state index contributed by atoms with van der Waals surface area (Å²) in [5, 5.41) is 3.88. The van der Waals surface area contributed by atoms with Crippen LogP contribution in [0, 0.1) is 0 Å². The van der Waals surface area contributed by atoms with Gasteiger partial charge in [-0.25, -0.2) is 0 Å². The van der Waals surface area contributed by atoms with Crippen LogP contribution in [-0.2, 0) is 12.6 Å². The lowest BCUT2D eigenvalue weighted by Crippen LogP contribution is -2.11. The Balaban J connectivity index is 1.98. The molecule has 110 valence electrons. The Morgan fingerprint density at radius 1 is 1.10 bits per heavy atom. The summed E-state index contributed by atoms with van der Waals surface area (Å²) in [4.78, 5) is 0. The fourth-order valence-electron chi connectivity index (χ4n) is 2.59. The maximum atomic E-state index is 13.0. The summed E-state index contributed by atoms with van der Waals surface area (Å²) in [6.45, 7) is 0. The molecule has 3 rings (SSSR count). The second-order valence-electron chi connectivity index (χ2n) is 4.90. The molecule has 21 heavy (non-hydrogen) atoms. The maximum absolute atomic E-state index is 13.0. The highest BCUT2D eigenvalue weighted by Gasteiger charge is 2.37. The number of fused-ring (bicyclic) bond motifs is 1. The first-order chi connectivity index (χ1) is 9.86. The number of alkyl halides is 3. The first-order valence-electron chi connectivity index (χ1n) is 6.27. The van der Waals surface area contributed by atoms with Gasteiger partial charge in [-0.1, -0.05) is 41.4 Å². The van der Waals surface area contributed by atoms with E-state index >= 15 is 0 Å². The fourth-order valence-corrected chi connectivity index (χ4v) is 3.13. The van der Waals surface area contributed by atoms with Crippen molar-refractivity contribution in [1.29, 1.82) is 0 Å². The van der Waals surface area contributed by atoms with E-state index in [1.807, 2.05) is 0 Å². The third-order valence-electron chi connectivity index (χ3n) is 3.54. The van der Waals surface area contributed by atoms with Gasteiger partial charge in [0.2, 0.25) is 0 Å². The molecule has 0 amide bonds. The summed E-state index contributed by atoms with van der Waals surface area (Å²) in [5.74, 6) is 0. The number of para-hydroxylation sites is 1. The van der Waals surface area contributed by atoms with E-state index in [-0.39, 0.29) is 11.7 Å². The molecule has 1 atom stereocenters. The summed E-state index contributed by atoms with van der Waals surface area (Å²) >= 11 is 12.0. The molecule has 0 saturated carbocycles. The molecule has 1 unspecified atom stereocenters. The Morgan fingerprint density at radius 3 is 2.52 bits per heavy atom.